The molecule has 2 rings (SSSR count). The van der Waals surface area contributed by atoms with Gasteiger partial charge in [0.05, 0.1) is 12.8 Å². The Bertz CT molecular complexity index is 799. The maximum atomic E-state index is 11.9. The molecule has 0 amide bonds. The Labute approximate surface area is 140 Å². The smallest absolute Gasteiger partial charge is 0.325 e. The van der Waals surface area contributed by atoms with Crippen molar-refractivity contribution in [2.24, 2.45) is 0 Å². The first-order valence-electron chi connectivity index (χ1n) is 7.20. The molecule has 0 unspecified atom stereocenters. The number of carbonyl (C=O) groups excluding carboxylic acids is 1. The quantitative estimate of drug-likeness (QED) is 0.625. The molecule has 118 valence electrons. The molecule has 0 heterocycles. The summed E-state index contributed by atoms with van der Waals surface area (Å²) in [5.74, 6) is -0.470. The molecule has 0 radical (unpaired) electrons. The van der Waals surface area contributed by atoms with Gasteiger partial charge in [-0.2, -0.15) is 10.5 Å². The number of ether oxygens (including phenoxy) is 1. The zero-order valence-corrected chi connectivity index (χ0v) is 13.1. The van der Waals surface area contributed by atoms with E-state index in [-0.39, 0.29) is 12.1 Å². The monoisotopic (exact) mass is 317 g/mol. The van der Waals surface area contributed by atoms with E-state index in [2.05, 4.69) is 0 Å². The highest BCUT2D eigenvalue weighted by Crippen LogP contribution is 2.28. The maximum absolute atomic E-state index is 11.9. The number of para-hydroxylation sites is 1. The topological polar surface area (TPSA) is 77.1 Å². The van der Waals surface area contributed by atoms with Gasteiger partial charge in [-0.05, 0) is 12.1 Å². The number of nitrogens with zero attached hydrogens (tertiary/aromatic N) is 3. The molecule has 0 aliphatic heterocycles. The van der Waals surface area contributed by atoms with Crippen molar-refractivity contribution in [3.8, 4) is 12.1 Å². The molecule has 0 atom stereocenters. The first kappa shape index (κ1) is 16.8. The summed E-state index contributed by atoms with van der Waals surface area (Å²) in [4.78, 5) is 13.5. The summed E-state index contributed by atoms with van der Waals surface area (Å²) in [7, 11) is 1.30. The van der Waals surface area contributed by atoms with E-state index in [0.29, 0.717) is 16.9 Å². The van der Waals surface area contributed by atoms with Gasteiger partial charge in [-0.1, -0.05) is 48.5 Å². The SMILES string of the molecule is COC(=O)CN(C(=C(C#N)C#N)c1ccccc1)c1ccccc1. The van der Waals surface area contributed by atoms with Crippen molar-refractivity contribution in [2.45, 2.75) is 0 Å². The molecule has 0 bridgehead atoms. The van der Waals surface area contributed by atoms with E-state index >= 15 is 0 Å². The summed E-state index contributed by atoms with van der Waals surface area (Å²) in [6.45, 7) is -0.113. The van der Waals surface area contributed by atoms with E-state index in [1.165, 1.54) is 7.11 Å². The van der Waals surface area contributed by atoms with E-state index in [1.54, 1.807) is 29.2 Å². The predicted octanol–water partition coefficient (Wildman–Crippen LogP) is 3.12. The van der Waals surface area contributed by atoms with Crippen molar-refractivity contribution in [3.63, 3.8) is 0 Å². The average Bonchev–Trinajstić information content (AvgIpc) is 2.65. The third-order valence-corrected chi connectivity index (χ3v) is 3.36. The maximum Gasteiger partial charge on any atom is 0.325 e. The Morgan fingerprint density at radius 1 is 1.00 bits per heavy atom. The Kier molecular flexibility index (Phi) is 5.71. The van der Waals surface area contributed by atoms with Crippen molar-refractivity contribution in [1.82, 2.24) is 0 Å². The first-order valence-corrected chi connectivity index (χ1v) is 7.20. The molecule has 5 nitrogen and oxygen atoms in total. The second kappa shape index (κ2) is 8.17. The number of rotatable bonds is 5. The Balaban J connectivity index is 2.67. The molecular weight excluding hydrogens is 302 g/mol. The van der Waals surface area contributed by atoms with E-state index in [9.17, 15) is 15.3 Å². The van der Waals surface area contributed by atoms with E-state index in [4.69, 9.17) is 4.74 Å². The number of nitriles is 2. The summed E-state index contributed by atoms with van der Waals surface area (Å²) >= 11 is 0. The Morgan fingerprint density at radius 3 is 2.04 bits per heavy atom. The van der Waals surface area contributed by atoms with Crippen LogP contribution in [0.5, 0.6) is 0 Å². The molecule has 0 saturated heterocycles. The van der Waals surface area contributed by atoms with Crippen LogP contribution < -0.4 is 4.90 Å². The van der Waals surface area contributed by atoms with Crippen LogP contribution >= 0.6 is 0 Å². The van der Waals surface area contributed by atoms with Crippen molar-refractivity contribution in [1.29, 1.82) is 10.5 Å². The lowest BCUT2D eigenvalue weighted by Crippen LogP contribution is -2.30. The standard InChI is InChI=1S/C19H15N3O2/c1-24-18(23)14-22(17-10-6-3-7-11-17)19(16(12-20)13-21)15-8-4-2-5-9-15/h2-11H,14H2,1H3. The molecule has 5 heteroatoms. The molecule has 24 heavy (non-hydrogen) atoms. The molecule has 0 fully saturated rings. The van der Waals surface area contributed by atoms with Crippen LogP contribution in [0.2, 0.25) is 0 Å². The lowest BCUT2D eigenvalue weighted by atomic mass is 10.1. The third-order valence-electron chi connectivity index (χ3n) is 3.36. The van der Waals surface area contributed by atoms with Gasteiger partial charge in [0, 0.05) is 11.3 Å². The summed E-state index contributed by atoms with van der Waals surface area (Å²) in [5.41, 5.74) is 1.65. The number of methoxy groups -OCH3 is 1. The molecule has 2 aromatic carbocycles. The first-order chi connectivity index (χ1) is 11.7. The van der Waals surface area contributed by atoms with Crippen LogP contribution in [-0.2, 0) is 9.53 Å². The summed E-state index contributed by atoms with van der Waals surface area (Å²) in [5, 5.41) is 18.7. The fraction of sp³-hybridized carbons (Fsp3) is 0.105. The van der Waals surface area contributed by atoms with Gasteiger partial charge in [0.25, 0.3) is 0 Å². The minimum Gasteiger partial charge on any atom is -0.468 e. The van der Waals surface area contributed by atoms with Gasteiger partial charge in [0.15, 0.2) is 5.57 Å². The molecule has 0 saturated carbocycles. The number of anilines is 1. The summed E-state index contributed by atoms with van der Waals surface area (Å²) in [6, 6.07) is 22.0. The highest BCUT2D eigenvalue weighted by molar-refractivity contribution is 5.90. The van der Waals surface area contributed by atoms with E-state index < -0.39 is 5.97 Å². The zero-order valence-electron chi connectivity index (χ0n) is 13.1. The highest BCUT2D eigenvalue weighted by atomic mass is 16.5. The van der Waals surface area contributed by atoms with E-state index in [1.807, 2.05) is 48.5 Å². The second-order valence-electron chi connectivity index (χ2n) is 4.81. The number of benzene rings is 2. The molecule has 0 spiro atoms. The van der Waals surface area contributed by atoms with Crippen molar-refractivity contribution >= 4 is 17.4 Å². The second-order valence-corrected chi connectivity index (χ2v) is 4.81. The number of hydrogen-bond donors (Lipinski definition) is 0. The zero-order chi connectivity index (χ0) is 17.4. The van der Waals surface area contributed by atoms with Crippen LogP contribution in [0.15, 0.2) is 66.2 Å². The number of allylic oxidation sites excluding steroid dienone is 1. The van der Waals surface area contributed by atoms with Gasteiger partial charge in [-0.15, -0.1) is 0 Å². The minimum atomic E-state index is -0.470. The molecule has 2 aromatic rings. The number of esters is 1. The van der Waals surface area contributed by atoms with Gasteiger partial charge in [0.2, 0.25) is 0 Å². The normalized spacial score (nSPS) is 9.29. The lowest BCUT2D eigenvalue weighted by Gasteiger charge is -2.26. The molecular formula is C19H15N3O2. The molecule has 0 N–H and O–H groups in total. The van der Waals surface area contributed by atoms with Crippen LogP contribution in [0.3, 0.4) is 0 Å². The van der Waals surface area contributed by atoms with Gasteiger partial charge in [-0.3, -0.25) is 4.79 Å². The third kappa shape index (κ3) is 3.79. The largest absolute Gasteiger partial charge is 0.468 e. The van der Waals surface area contributed by atoms with Gasteiger partial charge in [-0.25, -0.2) is 0 Å². The fourth-order valence-electron chi connectivity index (χ4n) is 2.26. The lowest BCUT2D eigenvalue weighted by molar-refractivity contribution is -0.138. The summed E-state index contributed by atoms with van der Waals surface area (Å²) in [6.07, 6.45) is 0. The molecule has 0 aromatic heterocycles. The van der Waals surface area contributed by atoms with Crippen LogP contribution in [0.1, 0.15) is 5.56 Å². The van der Waals surface area contributed by atoms with Crippen molar-refractivity contribution < 1.29 is 9.53 Å². The van der Waals surface area contributed by atoms with Gasteiger partial charge < -0.3 is 9.64 Å². The fourth-order valence-corrected chi connectivity index (χ4v) is 2.26. The van der Waals surface area contributed by atoms with Crippen LogP contribution in [0.4, 0.5) is 5.69 Å². The number of hydrogen-bond acceptors (Lipinski definition) is 5. The van der Waals surface area contributed by atoms with Crippen molar-refractivity contribution in [3.05, 3.63) is 71.8 Å². The molecule has 0 aliphatic rings. The Hall–Kier alpha value is -3.57. The number of carbonyl (C=O) groups is 1. The summed E-state index contributed by atoms with van der Waals surface area (Å²) < 4.78 is 4.77. The van der Waals surface area contributed by atoms with E-state index in [0.717, 1.165) is 0 Å². The van der Waals surface area contributed by atoms with Crippen molar-refractivity contribution in [2.75, 3.05) is 18.6 Å². The van der Waals surface area contributed by atoms with Gasteiger partial charge in [0.1, 0.15) is 18.7 Å². The molecule has 0 aliphatic carbocycles. The van der Waals surface area contributed by atoms with Crippen LogP contribution in [0.25, 0.3) is 5.70 Å². The minimum absolute atomic E-state index is 0.0750. The average molecular weight is 317 g/mol. The predicted molar refractivity (Wildman–Crippen MR) is 90.4 cm³/mol. The van der Waals surface area contributed by atoms with Crippen LogP contribution in [-0.4, -0.2) is 19.6 Å². The highest BCUT2D eigenvalue weighted by Gasteiger charge is 2.21. The Morgan fingerprint density at radius 2 is 1.54 bits per heavy atom. The van der Waals surface area contributed by atoms with Gasteiger partial charge >= 0.3 is 5.97 Å². The van der Waals surface area contributed by atoms with Crippen LogP contribution in [0, 0.1) is 22.7 Å².